The highest BCUT2D eigenvalue weighted by Crippen LogP contribution is 2.34. The minimum atomic E-state index is -0.0502. The van der Waals surface area contributed by atoms with Crippen LogP contribution in [0.4, 0.5) is 0 Å². The topological polar surface area (TPSA) is 34.1 Å². The molecule has 0 aliphatic heterocycles. The van der Waals surface area contributed by atoms with E-state index in [-0.39, 0.29) is 11.6 Å². The van der Waals surface area contributed by atoms with E-state index in [1.165, 1.54) is 0 Å². The predicted molar refractivity (Wildman–Crippen MR) is 90.5 cm³/mol. The normalized spacial score (nSPS) is 13.6. The number of carbonyl (C=O) groups is 2. The van der Waals surface area contributed by atoms with Crippen LogP contribution in [0.25, 0.3) is 21.5 Å². The Labute approximate surface area is 133 Å². The Morgan fingerprint density at radius 2 is 0.773 bits per heavy atom. The first kappa shape index (κ1) is 12.3. The molecule has 0 radical (unpaired) electrons. The number of benzene rings is 2. The first-order chi connectivity index (χ1) is 10.7. The maximum Gasteiger partial charge on any atom is 0.194 e. The molecule has 2 nitrogen and oxygen atoms in total. The molecule has 0 atom stereocenters. The first-order valence-corrected chi connectivity index (χ1v) is 8.70. The monoisotopic (exact) mass is 320 g/mol. The summed E-state index contributed by atoms with van der Waals surface area (Å²) in [5.41, 5.74) is 2.10. The van der Waals surface area contributed by atoms with Gasteiger partial charge in [-0.3, -0.25) is 9.59 Å². The van der Waals surface area contributed by atoms with Crippen LogP contribution >= 0.6 is 22.7 Å². The van der Waals surface area contributed by atoms with Gasteiger partial charge in [0.1, 0.15) is 0 Å². The third kappa shape index (κ3) is 1.48. The fourth-order valence-electron chi connectivity index (χ4n) is 3.08. The summed E-state index contributed by atoms with van der Waals surface area (Å²) in [6, 6.07) is 7.40. The molecule has 0 amide bonds. The molecule has 0 N–H and O–H groups in total. The lowest BCUT2D eigenvalue weighted by Gasteiger charge is -2.18. The SMILES string of the molecule is O=C1c2cc3cscc3cc2C(=O)c2cc3cscc3cc21. The highest BCUT2D eigenvalue weighted by Gasteiger charge is 2.30. The molecule has 1 aliphatic rings. The minimum absolute atomic E-state index is 0.0502. The average molecular weight is 320 g/mol. The van der Waals surface area contributed by atoms with Crippen LogP contribution in [-0.2, 0) is 0 Å². The summed E-state index contributed by atoms with van der Waals surface area (Å²) in [6.07, 6.45) is 0. The zero-order valence-corrected chi connectivity index (χ0v) is 12.9. The maximum atomic E-state index is 12.8. The molecule has 0 bridgehead atoms. The highest BCUT2D eigenvalue weighted by atomic mass is 32.1. The fraction of sp³-hybridized carbons (Fsp3) is 0. The number of rotatable bonds is 0. The van der Waals surface area contributed by atoms with Crippen molar-refractivity contribution in [2.24, 2.45) is 0 Å². The highest BCUT2D eigenvalue weighted by molar-refractivity contribution is 7.09. The van der Waals surface area contributed by atoms with Crippen LogP contribution in [0.5, 0.6) is 0 Å². The van der Waals surface area contributed by atoms with Gasteiger partial charge in [-0.2, -0.15) is 22.7 Å². The van der Waals surface area contributed by atoms with Crippen molar-refractivity contribution in [2.45, 2.75) is 0 Å². The Morgan fingerprint density at radius 3 is 1.05 bits per heavy atom. The predicted octanol–water partition coefficient (Wildman–Crippen LogP) is 4.89. The van der Waals surface area contributed by atoms with Gasteiger partial charge in [0.05, 0.1) is 0 Å². The lowest BCUT2D eigenvalue weighted by Crippen LogP contribution is -2.20. The average Bonchev–Trinajstić information content (AvgIpc) is 3.17. The Bertz CT molecular complexity index is 945. The fourth-order valence-corrected chi connectivity index (χ4v) is 4.62. The third-order valence-electron chi connectivity index (χ3n) is 4.20. The van der Waals surface area contributed by atoms with Crippen LogP contribution in [-0.4, -0.2) is 11.6 Å². The van der Waals surface area contributed by atoms with E-state index in [0.29, 0.717) is 22.3 Å². The quantitative estimate of drug-likeness (QED) is 0.407. The Balaban J connectivity index is 1.87. The summed E-state index contributed by atoms with van der Waals surface area (Å²) < 4.78 is 0. The van der Waals surface area contributed by atoms with Crippen LogP contribution in [0.15, 0.2) is 45.8 Å². The van der Waals surface area contributed by atoms with E-state index in [9.17, 15) is 9.59 Å². The number of thiophene rings is 2. The van der Waals surface area contributed by atoms with Crippen LogP contribution in [0.2, 0.25) is 0 Å². The number of fused-ring (bicyclic) bond motifs is 4. The van der Waals surface area contributed by atoms with Crippen molar-refractivity contribution >= 4 is 55.8 Å². The van der Waals surface area contributed by atoms with E-state index in [0.717, 1.165) is 21.5 Å². The molecular weight excluding hydrogens is 312 g/mol. The van der Waals surface area contributed by atoms with Crippen LogP contribution in [0, 0.1) is 0 Å². The molecule has 0 spiro atoms. The van der Waals surface area contributed by atoms with Crippen molar-refractivity contribution in [2.75, 3.05) is 0 Å². The lowest BCUT2D eigenvalue weighted by atomic mass is 9.82. The molecule has 2 aromatic carbocycles. The van der Waals surface area contributed by atoms with Crippen LogP contribution < -0.4 is 0 Å². The molecule has 4 heteroatoms. The third-order valence-corrected chi connectivity index (χ3v) is 5.76. The van der Waals surface area contributed by atoms with Gasteiger partial charge in [-0.15, -0.1) is 0 Å². The molecule has 4 aromatic rings. The van der Waals surface area contributed by atoms with Crippen molar-refractivity contribution in [3.05, 3.63) is 68.0 Å². The second-order valence-electron chi connectivity index (χ2n) is 5.46. The zero-order chi connectivity index (χ0) is 14.8. The van der Waals surface area contributed by atoms with E-state index in [4.69, 9.17) is 0 Å². The van der Waals surface area contributed by atoms with E-state index < -0.39 is 0 Å². The summed E-state index contributed by atoms with van der Waals surface area (Å²) in [6.45, 7) is 0. The Kier molecular flexibility index (Phi) is 2.30. The summed E-state index contributed by atoms with van der Waals surface area (Å²) in [7, 11) is 0. The van der Waals surface area contributed by atoms with Gasteiger partial charge in [-0.25, -0.2) is 0 Å². The van der Waals surface area contributed by atoms with Crippen LogP contribution in [0.3, 0.4) is 0 Å². The molecule has 1 aliphatic carbocycles. The molecule has 2 aromatic heterocycles. The second-order valence-corrected chi connectivity index (χ2v) is 6.94. The Hall–Kier alpha value is -2.30. The molecule has 0 saturated heterocycles. The molecule has 22 heavy (non-hydrogen) atoms. The molecule has 104 valence electrons. The van der Waals surface area contributed by atoms with Crippen molar-refractivity contribution < 1.29 is 9.59 Å². The summed E-state index contributed by atoms with van der Waals surface area (Å²) in [4.78, 5) is 25.7. The van der Waals surface area contributed by atoms with Crippen molar-refractivity contribution in [3.8, 4) is 0 Å². The van der Waals surface area contributed by atoms with Gasteiger partial charge in [0.15, 0.2) is 11.6 Å². The van der Waals surface area contributed by atoms with Gasteiger partial charge in [-0.05, 0) is 67.3 Å². The molecule has 0 unspecified atom stereocenters. The Morgan fingerprint density at radius 1 is 0.500 bits per heavy atom. The van der Waals surface area contributed by atoms with E-state index in [1.807, 2.05) is 45.8 Å². The number of hydrogen-bond acceptors (Lipinski definition) is 4. The summed E-state index contributed by atoms with van der Waals surface area (Å²) >= 11 is 3.16. The first-order valence-electron chi connectivity index (χ1n) is 6.82. The maximum absolute atomic E-state index is 12.8. The summed E-state index contributed by atoms with van der Waals surface area (Å²) in [5, 5.41) is 12.1. The lowest BCUT2D eigenvalue weighted by molar-refractivity contribution is 0.0979. The van der Waals surface area contributed by atoms with E-state index in [1.54, 1.807) is 22.7 Å². The van der Waals surface area contributed by atoms with E-state index >= 15 is 0 Å². The van der Waals surface area contributed by atoms with Crippen molar-refractivity contribution in [1.82, 2.24) is 0 Å². The van der Waals surface area contributed by atoms with Gasteiger partial charge in [-0.1, -0.05) is 0 Å². The molecule has 5 rings (SSSR count). The zero-order valence-electron chi connectivity index (χ0n) is 11.3. The van der Waals surface area contributed by atoms with Crippen molar-refractivity contribution in [3.63, 3.8) is 0 Å². The van der Waals surface area contributed by atoms with Gasteiger partial charge < -0.3 is 0 Å². The summed E-state index contributed by atoms with van der Waals surface area (Å²) in [5.74, 6) is -0.100. The van der Waals surface area contributed by atoms with E-state index in [2.05, 4.69) is 0 Å². The second kappa shape index (κ2) is 4.12. The van der Waals surface area contributed by atoms with Crippen LogP contribution in [0.1, 0.15) is 31.8 Å². The molecule has 2 heterocycles. The largest absolute Gasteiger partial charge is 0.289 e. The minimum Gasteiger partial charge on any atom is -0.289 e. The van der Waals surface area contributed by atoms with Gasteiger partial charge >= 0.3 is 0 Å². The molecular formula is C18H8O2S2. The molecule has 0 fully saturated rings. The number of hydrogen-bond donors (Lipinski definition) is 0. The standard InChI is InChI=1S/C18H8O2S2/c19-17-13-1-9-5-21-6-10(9)2-14(13)18(20)16-4-12-8-22-7-11(12)3-15(16)17/h1-8H. The number of carbonyl (C=O) groups excluding carboxylic acids is 2. The van der Waals surface area contributed by atoms with Gasteiger partial charge in [0, 0.05) is 22.3 Å². The smallest absolute Gasteiger partial charge is 0.194 e. The van der Waals surface area contributed by atoms with Gasteiger partial charge in [0.2, 0.25) is 0 Å². The van der Waals surface area contributed by atoms with Crippen molar-refractivity contribution in [1.29, 1.82) is 0 Å². The van der Waals surface area contributed by atoms with Gasteiger partial charge in [0.25, 0.3) is 0 Å². The number of ketones is 2. The molecule has 0 saturated carbocycles.